The van der Waals surface area contributed by atoms with Gasteiger partial charge in [0, 0.05) is 18.8 Å². The molecule has 0 fully saturated rings. The number of aromatic nitrogens is 2. The van der Waals surface area contributed by atoms with Crippen LogP contribution in [0.4, 0.5) is 16.5 Å². The molecular weight excluding hydrogens is 418 g/mol. The summed E-state index contributed by atoms with van der Waals surface area (Å²) in [5.74, 6) is 0. The highest BCUT2D eigenvalue weighted by atomic mass is 32.1. The lowest BCUT2D eigenvalue weighted by Gasteiger charge is -2.20. The fourth-order valence-electron chi connectivity index (χ4n) is 2.88. The van der Waals surface area contributed by atoms with Gasteiger partial charge in [-0.1, -0.05) is 41.7 Å². The quantitative estimate of drug-likeness (QED) is 0.298. The third-order valence-electron chi connectivity index (χ3n) is 4.57. The SMILES string of the molecule is CCN(CC)c1ccc(N=Nc2nnc(/C=C/c3ccc(C=C(C#N)C#N)cc3)s2)cc1. The Hall–Kier alpha value is -4.14. The Morgan fingerprint density at radius 3 is 2.19 bits per heavy atom. The molecule has 3 rings (SSSR count). The minimum atomic E-state index is 0.0729. The van der Waals surface area contributed by atoms with Crippen molar-refractivity contribution in [2.75, 3.05) is 18.0 Å². The summed E-state index contributed by atoms with van der Waals surface area (Å²) < 4.78 is 0. The van der Waals surface area contributed by atoms with Crippen LogP contribution in [0.25, 0.3) is 18.2 Å². The molecule has 8 heteroatoms. The van der Waals surface area contributed by atoms with Crippen LogP contribution in [0.3, 0.4) is 0 Å². The molecule has 0 aliphatic heterocycles. The van der Waals surface area contributed by atoms with E-state index in [1.807, 2.05) is 72.8 Å². The second-order valence-electron chi connectivity index (χ2n) is 6.59. The first-order valence-electron chi connectivity index (χ1n) is 10.1. The maximum absolute atomic E-state index is 8.83. The van der Waals surface area contributed by atoms with Crippen molar-refractivity contribution in [3.63, 3.8) is 0 Å². The van der Waals surface area contributed by atoms with Gasteiger partial charge in [-0.15, -0.1) is 20.4 Å². The van der Waals surface area contributed by atoms with Crippen molar-refractivity contribution in [2.24, 2.45) is 10.2 Å². The van der Waals surface area contributed by atoms with Gasteiger partial charge in [0.1, 0.15) is 22.7 Å². The minimum Gasteiger partial charge on any atom is -0.372 e. The predicted molar refractivity (Wildman–Crippen MR) is 129 cm³/mol. The second kappa shape index (κ2) is 11.3. The molecule has 158 valence electrons. The van der Waals surface area contributed by atoms with Gasteiger partial charge in [0.2, 0.25) is 0 Å². The first-order valence-corrected chi connectivity index (χ1v) is 10.9. The highest BCUT2D eigenvalue weighted by Crippen LogP contribution is 2.25. The fraction of sp³-hybridized carbons (Fsp3) is 0.167. The number of hydrogen-bond donors (Lipinski definition) is 0. The van der Waals surface area contributed by atoms with E-state index in [0.29, 0.717) is 5.13 Å². The molecule has 2 aromatic carbocycles. The number of benzene rings is 2. The summed E-state index contributed by atoms with van der Waals surface area (Å²) in [5.41, 5.74) is 3.76. The summed E-state index contributed by atoms with van der Waals surface area (Å²) in [6.45, 7) is 6.19. The van der Waals surface area contributed by atoms with Crippen LogP contribution in [-0.4, -0.2) is 23.3 Å². The molecule has 7 nitrogen and oxygen atoms in total. The molecule has 1 heterocycles. The van der Waals surface area contributed by atoms with Crippen LogP contribution in [0.2, 0.25) is 0 Å². The number of hydrogen-bond acceptors (Lipinski definition) is 8. The van der Waals surface area contributed by atoms with Gasteiger partial charge in [0.25, 0.3) is 5.13 Å². The van der Waals surface area contributed by atoms with Crippen molar-refractivity contribution in [2.45, 2.75) is 13.8 Å². The largest absolute Gasteiger partial charge is 0.372 e. The summed E-state index contributed by atoms with van der Waals surface area (Å²) in [6, 6.07) is 19.2. The van der Waals surface area contributed by atoms with E-state index in [1.165, 1.54) is 11.3 Å². The summed E-state index contributed by atoms with van der Waals surface area (Å²) in [6.07, 6.45) is 5.32. The van der Waals surface area contributed by atoms with Crippen LogP contribution in [0.1, 0.15) is 30.0 Å². The van der Waals surface area contributed by atoms with E-state index in [0.717, 1.165) is 40.6 Å². The Labute approximate surface area is 191 Å². The van der Waals surface area contributed by atoms with E-state index in [9.17, 15) is 0 Å². The lowest BCUT2D eigenvalue weighted by atomic mass is 10.1. The van der Waals surface area contributed by atoms with E-state index in [-0.39, 0.29) is 5.57 Å². The van der Waals surface area contributed by atoms with E-state index in [1.54, 1.807) is 6.08 Å². The summed E-state index contributed by atoms with van der Waals surface area (Å²) in [5, 5.41) is 35.5. The van der Waals surface area contributed by atoms with Gasteiger partial charge in [-0.2, -0.15) is 10.5 Å². The zero-order valence-corrected chi connectivity index (χ0v) is 18.6. The first kappa shape index (κ1) is 22.5. The predicted octanol–water partition coefficient (Wildman–Crippen LogP) is 6.40. The number of azo groups is 1. The van der Waals surface area contributed by atoms with E-state index in [2.05, 4.69) is 39.2 Å². The molecular formula is C24H21N7S. The van der Waals surface area contributed by atoms with Gasteiger partial charge in [-0.3, -0.25) is 0 Å². The molecule has 0 unspecified atom stereocenters. The average molecular weight is 440 g/mol. The Morgan fingerprint density at radius 2 is 1.56 bits per heavy atom. The smallest absolute Gasteiger partial charge is 0.252 e. The van der Waals surface area contributed by atoms with Gasteiger partial charge in [-0.05, 0) is 61.4 Å². The molecule has 0 aliphatic rings. The molecule has 0 saturated heterocycles. The van der Waals surface area contributed by atoms with Crippen molar-refractivity contribution in [3.8, 4) is 12.1 Å². The van der Waals surface area contributed by atoms with Crippen LogP contribution in [0, 0.1) is 22.7 Å². The number of rotatable bonds is 8. The average Bonchev–Trinajstić information content (AvgIpc) is 3.30. The molecule has 0 aliphatic carbocycles. The maximum atomic E-state index is 8.83. The summed E-state index contributed by atoms with van der Waals surface area (Å²) in [4.78, 5) is 2.27. The highest BCUT2D eigenvalue weighted by molar-refractivity contribution is 7.15. The Bertz CT molecular complexity index is 1190. The molecule has 0 spiro atoms. The number of allylic oxidation sites excluding steroid dienone is 1. The normalized spacial score (nSPS) is 10.8. The molecule has 3 aromatic rings. The third-order valence-corrected chi connectivity index (χ3v) is 5.34. The van der Waals surface area contributed by atoms with Crippen molar-refractivity contribution in [3.05, 3.63) is 70.2 Å². The Kier molecular flexibility index (Phi) is 7.96. The lowest BCUT2D eigenvalue weighted by molar-refractivity contribution is 0.866. The molecule has 0 amide bonds. The van der Waals surface area contributed by atoms with Crippen molar-refractivity contribution in [1.29, 1.82) is 10.5 Å². The molecule has 0 N–H and O–H groups in total. The van der Waals surface area contributed by atoms with Gasteiger partial charge < -0.3 is 4.90 Å². The fourth-order valence-corrected chi connectivity index (χ4v) is 3.45. The monoisotopic (exact) mass is 439 g/mol. The maximum Gasteiger partial charge on any atom is 0.252 e. The topological polar surface area (TPSA) is 101 Å². The van der Waals surface area contributed by atoms with Crippen LogP contribution in [-0.2, 0) is 0 Å². The first-order chi connectivity index (χ1) is 15.6. The molecule has 0 radical (unpaired) electrons. The lowest BCUT2D eigenvalue weighted by Crippen LogP contribution is -2.21. The Balaban J connectivity index is 1.62. The van der Waals surface area contributed by atoms with E-state index < -0.39 is 0 Å². The molecule has 0 saturated carbocycles. The van der Waals surface area contributed by atoms with Crippen molar-refractivity contribution >= 4 is 46.1 Å². The molecule has 32 heavy (non-hydrogen) atoms. The van der Waals surface area contributed by atoms with Gasteiger partial charge in [-0.25, -0.2) is 0 Å². The van der Waals surface area contributed by atoms with Crippen LogP contribution < -0.4 is 4.90 Å². The molecule has 0 atom stereocenters. The zero-order chi connectivity index (χ0) is 22.8. The minimum absolute atomic E-state index is 0.0729. The number of anilines is 1. The second-order valence-corrected chi connectivity index (χ2v) is 7.58. The molecule has 1 aromatic heterocycles. The third kappa shape index (κ3) is 6.18. The number of nitriles is 2. The van der Waals surface area contributed by atoms with Crippen molar-refractivity contribution in [1.82, 2.24) is 10.2 Å². The Morgan fingerprint density at radius 1 is 0.906 bits per heavy atom. The van der Waals surface area contributed by atoms with Crippen LogP contribution >= 0.6 is 11.3 Å². The van der Waals surface area contributed by atoms with Crippen LogP contribution in [0.5, 0.6) is 0 Å². The molecule has 0 bridgehead atoms. The van der Waals surface area contributed by atoms with Gasteiger partial charge >= 0.3 is 0 Å². The summed E-state index contributed by atoms with van der Waals surface area (Å²) in [7, 11) is 0. The van der Waals surface area contributed by atoms with Crippen LogP contribution in [0.15, 0.2) is 64.3 Å². The summed E-state index contributed by atoms with van der Waals surface area (Å²) >= 11 is 1.34. The van der Waals surface area contributed by atoms with Gasteiger partial charge in [0.15, 0.2) is 0 Å². The highest BCUT2D eigenvalue weighted by Gasteiger charge is 2.03. The van der Waals surface area contributed by atoms with E-state index in [4.69, 9.17) is 10.5 Å². The number of nitrogens with zero attached hydrogens (tertiary/aromatic N) is 7. The van der Waals surface area contributed by atoms with Gasteiger partial charge in [0.05, 0.1) is 5.69 Å². The van der Waals surface area contributed by atoms with E-state index >= 15 is 0 Å². The zero-order valence-electron chi connectivity index (χ0n) is 17.8. The van der Waals surface area contributed by atoms with Crippen molar-refractivity contribution < 1.29 is 0 Å². The standard InChI is InChI=1S/C24H21N7S/c1-3-31(4-2)22-12-10-21(11-13-22)27-29-24-30-28-23(32-24)14-9-18-5-7-19(8-6-18)15-20(16-25)17-26/h5-15H,3-4H2,1-2H3/b14-9+,29-27?.